The van der Waals surface area contributed by atoms with Crippen molar-refractivity contribution in [2.24, 2.45) is 0 Å². The Kier molecular flexibility index (Phi) is 7.14. The lowest BCUT2D eigenvalue weighted by Gasteiger charge is -2.38. The van der Waals surface area contributed by atoms with Crippen LogP contribution >= 0.6 is 0 Å². The maximum Gasteiger partial charge on any atom is 0.573 e. The number of hydrogen-bond acceptors (Lipinski definition) is 5. The molecule has 2 aromatic carbocycles. The summed E-state index contributed by atoms with van der Waals surface area (Å²) in [7, 11) is 0. The van der Waals surface area contributed by atoms with Crippen LogP contribution in [0.3, 0.4) is 0 Å². The van der Waals surface area contributed by atoms with Gasteiger partial charge in [0.2, 0.25) is 5.91 Å². The first kappa shape index (κ1) is 23.7. The van der Waals surface area contributed by atoms with E-state index in [-0.39, 0.29) is 36.9 Å². The van der Waals surface area contributed by atoms with Gasteiger partial charge in [-0.25, -0.2) is 0 Å². The highest BCUT2D eigenvalue weighted by Crippen LogP contribution is 2.33. The van der Waals surface area contributed by atoms with E-state index >= 15 is 0 Å². The van der Waals surface area contributed by atoms with E-state index < -0.39 is 18.4 Å². The second-order valence-corrected chi connectivity index (χ2v) is 8.27. The fraction of sp³-hybridized carbons (Fsp3) is 0.417. The number of ether oxygens (including phenoxy) is 2. The molecule has 0 aromatic heterocycles. The summed E-state index contributed by atoms with van der Waals surface area (Å²) in [4.78, 5) is 29.3. The molecule has 0 spiro atoms. The summed E-state index contributed by atoms with van der Waals surface area (Å²) < 4.78 is 47.9. The third kappa shape index (κ3) is 5.92. The molecule has 2 amide bonds. The van der Waals surface area contributed by atoms with Gasteiger partial charge in [-0.1, -0.05) is 30.3 Å². The third-order valence-corrected chi connectivity index (χ3v) is 5.81. The number of carbonyl (C=O) groups is 2. The van der Waals surface area contributed by atoms with Crippen LogP contribution < -0.4 is 19.7 Å². The van der Waals surface area contributed by atoms with Crippen molar-refractivity contribution in [2.75, 3.05) is 31.1 Å². The molecule has 2 aliphatic heterocycles. The van der Waals surface area contributed by atoms with Gasteiger partial charge in [0.25, 0.3) is 5.91 Å². The summed E-state index contributed by atoms with van der Waals surface area (Å²) in [6.07, 6.45) is -2.54. The topological polar surface area (TPSA) is 71.1 Å². The van der Waals surface area contributed by atoms with Gasteiger partial charge in [0.05, 0.1) is 18.8 Å². The lowest BCUT2D eigenvalue weighted by molar-refractivity contribution is -0.274. The van der Waals surface area contributed by atoms with Crippen LogP contribution in [0.2, 0.25) is 0 Å². The highest BCUT2D eigenvalue weighted by Gasteiger charge is 2.35. The third-order valence-electron chi connectivity index (χ3n) is 5.81. The van der Waals surface area contributed by atoms with E-state index in [4.69, 9.17) is 4.74 Å². The van der Waals surface area contributed by atoms with Crippen molar-refractivity contribution in [1.29, 1.82) is 0 Å². The maximum absolute atomic E-state index is 13.0. The lowest BCUT2D eigenvalue weighted by atomic mass is 10.1. The van der Waals surface area contributed by atoms with Crippen molar-refractivity contribution in [3.05, 3.63) is 54.1 Å². The average Bonchev–Trinajstić information content (AvgIpc) is 2.82. The Morgan fingerprint density at radius 3 is 2.50 bits per heavy atom. The van der Waals surface area contributed by atoms with Crippen molar-refractivity contribution >= 4 is 17.5 Å². The van der Waals surface area contributed by atoms with E-state index in [1.54, 1.807) is 34.1 Å². The van der Waals surface area contributed by atoms with Crippen molar-refractivity contribution in [1.82, 2.24) is 10.2 Å². The summed E-state index contributed by atoms with van der Waals surface area (Å²) in [6.45, 7) is 1.38. The van der Waals surface area contributed by atoms with Crippen LogP contribution in [-0.4, -0.2) is 55.4 Å². The Balaban J connectivity index is 1.42. The minimum Gasteiger partial charge on any atom is -0.477 e. The number of halogens is 3. The lowest BCUT2D eigenvalue weighted by Crippen LogP contribution is -2.53. The molecule has 0 radical (unpaired) electrons. The zero-order valence-corrected chi connectivity index (χ0v) is 18.5. The number of alkyl halides is 3. The molecule has 0 aliphatic carbocycles. The van der Waals surface area contributed by atoms with Gasteiger partial charge in [-0.05, 0) is 37.5 Å². The summed E-state index contributed by atoms with van der Waals surface area (Å²) in [5, 5.41) is 2.65. The Morgan fingerprint density at radius 1 is 1.03 bits per heavy atom. The molecule has 10 heteroatoms. The minimum atomic E-state index is -4.83. The monoisotopic (exact) mass is 477 g/mol. The largest absolute Gasteiger partial charge is 0.573 e. The van der Waals surface area contributed by atoms with Gasteiger partial charge >= 0.3 is 6.36 Å². The first-order valence-electron chi connectivity index (χ1n) is 11.2. The van der Waals surface area contributed by atoms with Crippen LogP contribution in [-0.2, 0) is 16.1 Å². The second kappa shape index (κ2) is 10.2. The molecule has 2 aromatic rings. The van der Waals surface area contributed by atoms with E-state index in [1.165, 1.54) is 18.2 Å². The molecule has 1 N–H and O–H groups in total. The number of nitrogens with one attached hydrogen (secondary N) is 1. The van der Waals surface area contributed by atoms with Crippen molar-refractivity contribution in [3.63, 3.8) is 0 Å². The highest BCUT2D eigenvalue weighted by atomic mass is 19.4. The van der Waals surface area contributed by atoms with E-state index in [9.17, 15) is 22.8 Å². The normalized spacial score (nSPS) is 18.0. The first-order valence-corrected chi connectivity index (χ1v) is 11.2. The van der Waals surface area contributed by atoms with Gasteiger partial charge in [0.1, 0.15) is 11.5 Å². The number of likely N-dealkylation sites (tertiary alicyclic amines) is 1. The average molecular weight is 477 g/mol. The van der Waals surface area contributed by atoms with Crippen LogP contribution in [0.15, 0.2) is 48.5 Å². The quantitative estimate of drug-likeness (QED) is 0.690. The van der Waals surface area contributed by atoms with Gasteiger partial charge in [-0.3, -0.25) is 9.59 Å². The number of carbonyl (C=O) groups excluding carboxylic acids is 2. The number of fused-ring (bicyclic) bond motifs is 1. The molecule has 7 nitrogen and oxygen atoms in total. The molecule has 0 bridgehead atoms. The number of rotatable bonds is 6. The van der Waals surface area contributed by atoms with Crippen LogP contribution in [0, 0.1) is 0 Å². The second-order valence-electron chi connectivity index (χ2n) is 8.27. The van der Waals surface area contributed by atoms with E-state index in [2.05, 4.69) is 10.1 Å². The predicted octanol–water partition coefficient (Wildman–Crippen LogP) is 3.48. The number of hydrogen-bond donors (Lipinski definition) is 1. The summed E-state index contributed by atoms with van der Waals surface area (Å²) in [6, 6.07) is 12.8. The minimum absolute atomic E-state index is 0.0769. The number of nitrogens with zero attached hydrogens (tertiary/aromatic N) is 2. The number of para-hydroxylation sites is 3. The molecular formula is C24H26F3N3O4. The number of amides is 2. The summed E-state index contributed by atoms with van der Waals surface area (Å²) in [5.74, 6) is -0.347. The molecule has 2 heterocycles. The molecule has 2 aliphatic rings. The predicted molar refractivity (Wildman–Crippen MR) is 118 cm³/mol. The van der Waals surface area contributed by atoms with Crippen molar-refractivity contribution < 1.29 is 32.2 Å². The van der Waals surface area contributed by atoms with Gasteiger partial charge in [-0.2, -0.15) is 0 Å². The van der Waals surface area contributed by atoms with Gasteiger partial charge in [0.15, 0.2) is 6.10 Å². The van der Waals surface area contributed by atoms with Gasteiger partial charge < -0.3 is 24.6 Å². The van der Waals surface area contributed by atoms with E-state index in [0.717, 1.165) is 19.3 Å². The molecule has 1 atom stereocenters. The Morgan fingerprint density at radius 2 is 1.74 bits per heavy atom. The number of benzene rings is 2. The standard InChI is InChI=1S/C24H26F3N3O4/c25-24(26,27)34-19-10-4-2-8-17(19)14-28-22(31)16-30-15-21(23(32)29-12-6-1-7-13-29)33-20-11-5-3-9-18(20)30/h2-5,8-11,21H,1,6-7,12-16H2,(H,28,31)/t21-/m1/s1. The van der Waals surface area contributed by atoms with E-state index in [1.807, 2.05) is 6.07 Å². The zero-order chi connectivity index (χ0) is 24.1. The van der Waals surface area contributed by atoms with Crippen molar-refractivity contribution in [3.8, 4) is 11.5 Å². The van der Waals surface area contributed by atoms with Crippen molar-refractivity contribution in [2.45, 2.75) is 38.3 Å². The molecule has 0 unspecified atom stereocenters. The fourth-order valence-corrected chi connectivity index (χ4v) is 4.20. The molecule has 4 rings (SSSR count). The molecular weight excluding hydrogens is 451 g/mol. The Hall–Kier alpha value is -3.43. The Labute approximate surface area is 195 Å². The number of piperidine rings is 1. The fourth-order valence-electron chi connectivity index (χ4n) is 4.20. The molecule has 1 fully saturated rings. The Bertz CT molecular complexity index is 1020. The first-order chi connectivity index (χ1) is 16.3. The number of anilines is 1. The summed E-state index contributed by atoms with van der Waals surface area (Å²) in [5.41, 5.74) is 0.884. The van der Waals surface area contributed by atoms with Crippen LogP contribution in [0.1, 0.15) is 24.8 Å². The molecule has 182 valence electrons. The van der Waals surface area contributed by atoms with Gasteiger partial charge in [-0.15, -0.1) is 13.2 Å². The smallest absolute Gasteiger partial charge is 0.477 e. The zero-order valence-electron chi connectivity index (χ0n) is 18.5. The van der Waals surface area contributed by atoms with Crippen LogP contribution in [0.25, 0.3) is 0 Å². The van der Waals surface area contributed by atoms with E-state index in [0.29, 0.717) is 24.5 Å². The maximum atomic E-state index is 13.0. The molecule has 34 heavy (non-hydrogen) atoms. The summed E-state index contributed by atoms with van der Waals surface area (Å²) >= 11 is 0. The van der Waals surface area contributed by atoms with Crippen LogP contribution in [0.5, 0.6) is 11.5 Å². The SMILES string of the molecule is O=C(CN1C[C@H](C(=O)N2CCCCC2)Oc2ccccc21)NCc1ccccc1OC(F)(F)F. The van der Waals surface area contributed by atoms with Crippen LogP contribution in [0.4, 0.5) is 18.9 Å². The molecule has 1 saturated heterocycles. The van der Waals surface area contributed by atoms with Gasteiger partial charge in [0, 0.05) is 25.2 Å². The highest BCUT2D eigenvalue weighted by molar-refractivity contribution is 5.86. The molecule has 0 saturated carbocycles.